The minimum atomic E-state index is -0.388. The lowest BCUT2D eigenvalue weighted by Gasteiger charge is -2.00. The Bertz CT molecular complexity index is 1230. The van der Waals surface area contributed by atoms with E-state index in [9.17, 15) is 14.0 Å². The molecule has 0 aliphatic rings. The lowest BCUT2D eigenvalue weighted by Crippen LogP contribution is -1.84. The number of aromatic nitrogens is 2. The van der Waals surface area contributed by atoms with Gasteiger partial charge in [0.2, 0.25) is 0 Å². The Kier molecular flexibility index (Phi) is 4.34. The Morgan fingerprint density at radius 2 is 1.89 bits per heavy atom. The SMILES string of the molecule is N#C/C(=C/c1ccc(-c2ccc(F)cc2Br)o1)c1nc2ccc(F)cc2[nH]1. The summed E-state index contributed by atoms with van der Waals surface area (Å²) in [6, 6.07) is 13.9. The average molecular weight is 426 g/mol. The maximum absolute atomic E-state index is 13.3. The van der Waals surface area contributed by atoms with Crippen molar-refractivity contribution in [2.45, 2.75) is 0 Å². The molecule has 0 saturated heterocycles. The Morgan fingerprint density at radius 3 is 2.67 bits per heavy atom. The molecule has 0 amide bonds. The molecule has 2 aromatic carbocycles. The molecule has 0 unspecified atom stereocenters. The van der Waals surface area contributed by atoms with E-state index in [2.05, 4.69) is 32.0 Å². The second-order valence-electron chi connectivity index (χ2n) is 5.74. The zero-order chi connectivity index (χ0) is 19.0. The molecule has 0 saturated carbocycles. The lowest BCUT2D eigenvalue weighted by molar-refractivity contribution is 0.571. The average Bonchev–Trinajstić information content (AvgIpc) is 3.26. The topological polar surface area (TPSA) is 65.6 Å². The van der Waals surface area contributed by atoms with Gasteiger partial charge in [-0.3, -0.25) is 0 Å². The number of aromatic amines is 1. The summed E-state index contributed by atoms with van der Waals surface area (Å²) in [5.74, 6) is 0.534. The van der Waals surface area contributed by atoms with Crippen LogP contribution in [0, 0.1) is 23.0 Å². The molecule has 1 N–H and O–H groups in total. The fourth-order valence-corrected chi connectivity index (χ4v) is 3.22. The van der Waals surface area contributed by atoms with Crippen LogP contribution in [0.1, 0.15) is 11.6 Å². The Labute approximate surface area is 160 Å². The second-order valence-corrected chi connectivity index (χ2v) is 6.60. The van der Waals surface area contributed by atoms with Gasteiger partial charge in [0.1, 0.15) is 35.0 Å². The van der Waals surface area contributed by atoms with Crippen LogP contribution in [0.3, 0.4) is 0 Å². The third-order valence-corrected chi connectivity index (χ3v) is 4.59. The highest BCUT2D eigenvalue weighted by Gasteiger charge is 2.12. The molecule has 2 heterocycles. The first-order valence-corrected chi connectivity index (χ1v) is 8.65. The molecule has 0 fully saturated rings. The van der Waals surface area contributed by atoms with Gasteiger partial charge in [-0.1, -0.05) is 0 Å². The Hall–Kier alpha value is -3.24. The summed E-state index contributed by atoms with van der Waals surface area (Å²) in [5.41, 5.74) is 1.99. The minimum absolute atomic E-state index is 0.241. The van der Waals surface area contributed by atoms with Crippen LogP contribution in [0.2, 0.25) is 0 Å². The van der Waals surface area contributed by atoms with E-state index >= 15 is 0 Å². The van der Waals surface area contributed by atoms with E-state index in [1.165, 1.54) is 36.4 Å². The number of nitrogens with one attached hydrogen (secondary N) is 1. The number of hydrogen-bond donors (Lipinski definition) is 1. The van der Waals surface area contributed by atoms with Gasteiger partial charge in [-0.25, -0.2) is 13.8 Å². The molecule has 0 bridgehead atoms. The van der Waals surface area contributed by atoms with E-state index in [1.54, 1.807) is 18.2 Å². The summed E-state index contributed by atoms with van der Waals surface area (Å²) < 4.78 is 32.9. The van der Waals surface area contributed by atoms with Gasteiger partial charge in [0.15, 0.2) is 0 Å². The van der Waals surface area contributed by atoms with Crippen molar-refractivity contribution < 1.29 is 13.2 Å². The van der Waals surface area contributed by atoms with Crippen molar-refractivity contribution in [3.63, 3.8) is 0 Å². The van der Waals surface area contributed by atoms with Crippen molar-refractivity contribution in [1.82, 2.24) is 9.97 Å². The summed E-state index contributed by atoms with van der Waals surface area (Å²) >= 11 is 3.31. The largest absolute Gasteiger partial charge is 0.457 e. The summed E-state index contributed by atoms with van der Waals surface area (Å²) in [4.78, 5) is 7.23. The molecule has 4 nitrogen and oxygen atoms in total. The van der Waals surface area contributed by atoms with Gasteiger partial charge in [-0.15, -0.1) is 0 Å². The predicted molar refractivity (Wildman–Crippen MR) is 101 cm³/mol. The molecule has 132 valence electrons. The summed E-state index contributed by atoms with van der Waals surface area (Å²) in [5, 5.41) is 9.48. The first kappa shape index (κ1) is 17.2. The fraction of sp³-hybridized carbons (Fsp3) is 0. The number of nitrogens with zero attached hydrogens (tertiary/aromatic N) is 2. The number of nitriles is 1. The molecule has 7 heteroatoms. The molecule has 4 rings (SSSR count). The molecule has 4 aromatic rings. The number of benzene rings is 2. The monoisotopic (exact) mass is 425 g/mol. The number of H-pyrrole nitrogens is 1. The highest BCUT2D eigenvalue weighted by molar-refractivity contribution is 9.10. The molecule has 0 atom stereocenters. The van der Waals surface area contributed by atoms with Crippen LogP contribution < -0.4 is 0 Å². The quantitative estimate of drug-likeness (QED) is 0.413. The normalized spacial score (nSPS) is 11.7. The number of allylic oxidation sites excluding steroid dienone is 1. The van der Waals surface area contributed by atoms with E-state index in [4.69, 9.17) is 4.42 Å². The molecule has 0 aliphatic heterocycles. The van der Waals surface area contributed by atoms with E-state index in [-0.39, 0.29) is 17.2 Å². The number of halogens is 3. The van der Waals surface area contributed by atoms with E-state index < -0.39 is 0 Å². The van der Waals surface area contributed by atoms with E-state index in [0.717, 1.165) is 0 Å². The van der Waals surface area contributed by atoms with Gasteiger partial charge in [0.25, 0.3) is 0 Å². The number of furan rings is 1. The van der Waals surface area contributed by atoms with Crippen LogP contribution in [0.4, 0.5) is 8.78 Å². The van der Waals surface area contributed by atoms with Crippen LogP contribution in [0.25, 0.3) is 34.0 Å². The summed E-state index contributed by atoms with van der Waals surface area (Å²) in [7, 11) is 0. The van der Waals surface area contributed by atoms with Crippen LogP contribution in [-0.2, 0) is 0 Å². The maximum Gasteiger partial charge on any atom is 0.149 e. The number of fused-ring (bicyclic) bond motifs is 1. The van der Waals surface area contributed by atoms with Gasteiger partial charge in [0.05, 0.1) is 16.6 Å². The fourth-order valence-electron chi connectivity index (χ4n) is 2.67. The summed E-state index contributed by atoms with van der Waals surface area (Å²) in [6.45, 7) is 0. The smallest absolute Gasteiger partial charge is 0.149 e. The van der Waals surface area contributed by atoms with Gasteiger partial charge in [0, 0.05) is 16.1 Å². The zero-order valence-corrected chi connectivity index (χ0v) is 15.2. The predicted octanol–water partition coefficient (Wildman–Crippen LogP) is 5.93. The standard InChI is InChI=1S/C20H10BrF2N3O/c21-16-8-12(22)1-4-15(16)19-6-3-14(27-19)7-11(10-24)20-25-17-5-2-13(23)9-18(17)26-20/h1-9H,(H,25,26)/b11-7-. The van der Waals surface area contributed by atoms with Crippen LogP contribution >= 0.6 is 15.9 Å². The molecule has 0 radical (unpaired) electrons. The lowest BCUT2D eigenvalue weighted by atomic mass is 10.2. The third-order valence-electron chi connectivity index (χ3n) is 3.93. The van der Waals surface area contributed by atoms with Crippen LogP contribution in [0.5, 0.6) is 0 Å². The molecular formula is C20H10BrF2N3O. The van der Waals surface area contributed by atoms with Crippen molar-refractivity contribution in [2.24, 2.45) is 0 Å². The Balaban J connectivity index is 1.71. The first-order chi connectivity index (χ1) is 13.0. The van der Waals surface area contributed by atoms with Gasteiger partial charge in [-0.05, 0) is 64.5 Å². The van der Waals surface area contributed by atoms with Gasteiger partial charge >= 0.3 is 0 Å². The number of rotatable bonds is 3. The molecular weight excluding hydrogens is 416 g/mol. The van der Waals surface area contributed by atoms with Crippen LogP contribution in [0.15, 0.2) is 57.4 Å². The zero-order valence-electron chi connectivity index (χ0n) is 13.6. The highest BCUT2D eigenvalue weighted by atomic mass is 79.9. The molecule has 0 aliphatic carbocycles. The van der Waals surface area contributed by atoms with E-state index in [0.29, 0.717) is 38.4 Å². The molecule has 2 aromatic heterocycles. The van der Waals surface area contributed by atoms with Crippen molar-refractivity contribution in [3.05, 3.63) is 76.2 Å². The number of imidazole rings is 1. The first-order valence-electron chi connectivity index (χ1n) is 7.86. The van der Waals surface area contributed by atoms with Gasteiger partial charge < -0.3 is 9.40 Å². The second kappa shape index (κ2) is 6.82. The molecule has 0 spiro atoms. The number of hydrogen-bond acceptors (Lipinski definition) is 3. The van der Waals surface area contributed by atoms with Gasteiger partial charge in [-0.2, -0.15) is 5.26 Å². The maximum atomic E-state index is 13.3. The Morgan fingerprint density at radius 1 is 1.11 bits per heavy atom. The van der Waals surface area contributed by atoms with E-state index in [1.807, 2.05) is 0 Å². The highest BCUT2D eigenvalue weighted by Crippen LogP contribution is 2.31. The van der Waals surface area contributed by atoms with Crippen molar-refractivity contribution in [1.29, 1.82) is 5.26 Å². The van der Waals surface area contributed by atoms with Crippen molar-refractivity contribution in [2.75, 3.05) is 0 Å². The van der Waals surface area contributed by atoms with Crippen molar-refractivity contribution >= 4 is 38.6 Å². The third kappa shape index (κ3) is 3.39. The minimum Gasteiger partial charge on any atom is -0.457 e. The van der Waals surface area contributed by atoms with Crippen LogP contribution in [-0.4, -0.2) is 9.97 Å². The summed E-state index contributed by atoms with van der Waals surface area (Å²) in [6.07, 6.45) is 1.54. The molecule has 27 heavy (non-hydrogen) atoms. The van der Waals surface area contributed by atoms with Crippen molar-refractivity contribution in [3.8, 4) is 17.4 Å².